The molecule has 0 saturated heterocycles. The Kier molecular flexibility index (Phi) is 7.57. The number of carboxylic acid groups (broad SMARTS) is 1. The van der Waals surface area contributed by atoms with E-state index in [1.165, 1.54) is 4.90 Å². The first-order chi connectivity index (χ1) is 17.9. The number of hydrogen-bond acceptors (Lipinski definition) is 5. The summed E-state index contributed by atoms with van der Waals surface area (Å²) in [6, 6.07) is 19.8. The fourth-order valence-electron chi connectivity index (χ4n) is 4.21. The Morgan fingerprint density at radius 3 is 2.45 bits per heavy atom. The van der Waals surface area contributed by atoms with Crippen LogP contribution in [-0.4, -0.2) is 45.4 Å². The van der Waals surface area contributed by atoms with E-state index in [0.717, 1.165) is 10.9 Å². The van der Waals surface area contributed by atoms with Gasteiger partial charge in [-0.2, -0.15) is 0 Å². The number of nitrogens with two attached hydrogens (primary N) is 1. The quantitative estimate of drug-likeness (QED) is 0.225. The van der Waals surface area contributed by atoms with Crippen LogP contribution in [0.4, 0.5) is 11.4 Å². The van der Waals surface area contributed by atoms with Crippen LogP contribution in [0.2, 0.25) is 5.02 Å². The number of aromatic nitrogens is 1. The summed E-state index contributed by atoms with van der Waals surface area (Å²) in [5, 5.41) is 21.3. The van der Waals surface area contributed by atoms with E-state index in [-0.39, 0.29) is 18.2 Å². The van der Waals surface area contributed by atoms with Crippen molar-refractivity contribution in [2.75, 3.05) is 11.9 Å². The zero-order valence-electron chi connectivity index (χ0n) is 21.3. The molecule has 9 heteroatoms. The standard InChI is InChI=1S/C29H29ClN4O4/c1-29(2,31)28(38)34(3)21-11-9-20(10-12-21)32-26(18-6-4-5-17(15-18)7-14-24(35)36)25-22-13-8-19(30)16-23(22)33-27(25)37/h4-6,8-13,15-16,33,37H,7,14,31H2,1-3H3,(H,35,36). The molecule has 3 aromatic carbocycles. The molecule has 0 radical (unpaired) electrons. The highest BCUT2D eigenvalue weighted by molar-refractivity contribution is 6.31. The number of carbonyl (C=O) groups is 2. The third-order valence-electron chi connectivity index (χ3n) is 6.14. The van der Waals surface area contributed by atoms with Crippen LogP contribution in [0.3, 0.4) is 0 Å². The molecule has 0 spiro atoms. The predicted molar refractivity (Wildman–Crippen MR) is 151 cm³/mol. The lowest BCUT2D eigenvalue weighted by Gasteiger charge is -2.25. The lowest BCUT2D eigenvalue weighted by atomic mass is 9.97. The second-order valence-electron chi connectivity index (χ2n) is 9.70. The van der Waals surface area contributed by atoms with E-state index in [2.05, 4.69) is 4.98 Å². The molecule has 0 saturated carbocycles. The number of aliphatic carboxylic acids is 1. The van der Waals surface area contributed by atoms with Crippen LogP contribution in [0.1, 0.15) is 37.0 Å². The number of aryl methyl sites for hydroxylation is 1. The summed E-state index contributed by atoms with van der Waals surface area (Å²) in [6.07, 6.45) is 0.360. The van der Waals surface area contributed by atoms with Gasteiger partial charge in [-0.25, -0.2) is 4.99 Å². The molecule has 0 atom stereocenters. The van der Waals surface area contributed by atoms with Crippen LogP contribution in [0, 0.1) is 0 Å². The molecular formula is C29H29ClN4O4. The number of fused-ring (bicyclic) bond motifs is 1. The molecule has 38 heavy (non-hydrogen) atoms. The molecule has 0 unspecified atom stereocenters. The maximum Gasteiger partial charge on any atom is 0.303 e. The van der Waals surface area contributed by atoms with E-state index in [9.17, 15) is 14.7 Å². The van der Waals surface area contributed by atoms with E-state index in [1.807, 2.05) is 30.3 Å². The Hall–Kier alpha value is -4.14. The summed E-state index contributed by atoms with van der Waals surface area (Å²) in [5.74, 6) is -1.17. The molecule has 0 aliphatic heterocycles. The van der Waals surface area contributed by atoms with Crippen LogP contribution in [0.15, 0.2) is 71.7 Å². The molecule has 1 aromatic heterocycles. The molecule has 0 aliphatic carbocycles. The summed E-state index contributed by atoms with van der Waals surface area (Å²) < 4.78 is 0. The van der Waals surface area contributed by atoms with Crippen molar-refractivity contribution < 1.29 is 19.8 Å². The van der Waals surface area contributed by atoms with Crippen molar-refractivity contribution in [1.29, 1.82) is 0 Å². The number of nitrogens with zero attached hydrogens (tertiary/aromatic N) is 2. The van der Waals surface area contributed by atoms with E-state index in [0.29, 0.717) is 45.2 Å². The molecule has 0 bridgehead atoms. The highest BCUT2D eigenvalue weighted by Crippen LogP contribution is 2.33. The Balaban J connectivity index is 1.82. The SMILES string of the molecule is CN(C(=O)C(C)(C)N)c1ccc(N=C(c2cccc(CCC(=O)O)c2)c2c(O)[nH]c3cc(Cl)ccc23)cc1. The minimum Gasteiger partial charge on any atom is -0.494 e. The molecule has 0 aliphatic rings. The fraction of sp³-hybridized carbons (Fsp3) is 0.207. The molecule has 1 amide bonds. The maximum atomic E-state index is 12.6. The normalized spacial score (nSPS) is 12.1. The number of H-pyrrole nitrogens is 1. The number of hydrogen-bond donors (Lipinski definition) is 4. The molecule has 0 fully saturated rings. The van der Waals surface area contributed by atoms with Crippen molar-refractivity contribution in [1.82, 2.24) is 4.98 Å². The number of likely N-dealkylation sites (N-methyl/N-ethyl adjacent to an activating group) is 1. The first-order valence-corrected chi connectivity index (χ1v) is 12.4. The zero-order valence-corrected chi connectivity index (χ0v) is 22.1. The van der Waals surface area contributed by atoms with Crippen LogP contribution in [0.25, 0.3) is 10.9 Å². The van der Waals surface area contributed by atoms with Gasteiger partial charge in [0, 0.05) is 35.1 Å². The zero-order chi connectivity index (χ0) is 27.6. The largest absolute Gasteiger partial charge is 0.494 e. The van der Waals surface area contributed by atoms with Crippen molar-refractivity contribution in [3.63, 3.8) is 0 Å². The number of halogens is 1. The summed E-state index contributed by atoms with van der Waals surface area (Å²) in [4.78, 5) is 33.0. The number of carboxylic acids is 1. The molecule has 196 valence electrons. The van der Waals surface area contributed by atoms with Crippen LogP contribution < -0.4 is 10.6 Å². The summed E-state index contributed by atoms with van der Waals surface area (Å²) >= 11 is 6.16. The lowest BCUT2D eigenvalue weighted by molar-refractivity contribution is -0.137. The van der Waals surface area contributed by atoms with Crippen molar-refractivity contribution in [2.24, 2.45) is 10.7 Å². The van der Waals surface area contributed by atoms with E-state index < -0.39 is 11.5 Å². The highest BCUT2D eigenvalue weighted by atomic mass is 35.5. The van der Waals surface area contributed by atoms with Gasteiger partial charge in [-0.3, -0.25) is 9.59 Å². The third-order valence-corrected chi connectivity index (χ3v) is 6.37. The predicted octanol–water partition coefficient (Wildman–Crippen LogP) is 5.41. The number of anilines is 1. The van der Waals surface area contributed by atoms with Gasteiger partial charge < -0.3 is 25.8 Å². The second kappa shape index (κ2) is 10.7. The number of aliphatic imine (C=N–C) groups is 1. The van der Waals surface area contributed by atoms with Crippen molar-refractivity contribution in [2.45, 2.75) is 32.2 Å². The lowest BCUT2D eigenvalue weighted by Crippen LogP contribution is -2.49. The van der Waals surface area contributed by atoms with Crippen LogP contribution >= 0.6 is 11.6 Å². The minimum absolute atomic E-state index is 0.0000692. The molecular weight excluding hydrogens is 504 g/mol. The summed E-state index contributed by atoms with van der Waals surface area (Å²) in [5.41, 5.74) is 9.39. The van der Waals surface area contributed by atoms with Gasteiger partial charge in [-0.05, 0) is 68.3 Å². The first-order valence-electron chi connectivity index (χ1n) is 12.0. The van der Waals surface area contributed by atoms with Gasteiger partial charge in [0.15, 0.2) is 5.88 Å². The maximum absolute atomic E-state index is 12.6. The van der Waals surface area contributed by atoms with Gasteiger partial charge in [0.1, 0.15) is 0 Å². The van der Waals surface area contributed by atoms with Gasteiger partial charge in [-0.1, -0.05) is 35.9 Å². The van der Waals surface area contributed by atoms with Crippen LogP contribution in [0.5, 0.6) is 5.88 Å². The number of aromatic amines is 1. The monoisotopic (exact) mass is 532 g/mol. The van der Waals surface area contributed by atoms with Crippen molar-refractivity contribution >= 4 is 51.5 Å². The number of amides is 1. The van der Waals surface area contributed by atoms with Gasteiger partial charge >= 0.3 is 5.97 Å². The topological polar surface area (TPSA) is 132 Å². The summed E-state index contributed by atoms with van der Waals surface area (Å²) in [7, 11) is 1.67. The molecule has 8 nitrogen and oxygen atoms in total. The highest BCUT2D eigenvalue weighted by Gasteiger charge is 2.26. The first kappa shape index (κ1) is 26.9. The van der Waals surface area contributed by atoms with Crippen molar-refractivity contribution in [3.05, 3.63) is 88.4 Å². The van der Waals surface area contributed by atoms with Gasteiger partial charge in [0.05, 0.1) is 28.0 Å². The second-order valence-corrected chi connectivity index (χ2v) is 10.1. The molecule has 4 rings (SSSR count). The van der Waals surface area contributed by atoms with Gasteiger partial charge in [0.25, 0.3) is 0 Å². The van der Waals surface area contributed by atoms with E-state index in [1.54, 1.807) is 57.3 Å². The number of benzene rings is 3. The smallest absolute Gasteiger partial charge is 0.303 e. The Bertz CT molecular complexity index is 1530. The van der Waals surface area contributed by atoms with E-state index in [4.69, 9.17) is 27.4 Å². The van der Waals surface area contributed by atoms with Crippen LogP contribution in [-0.2, 0) is 16.0 Å². The minimum atomic E-state index is -1.01. The number of carbonyl (C=O) groups excluding carboxylic acids is 1. The average Bonchev–Trinajstić information content (AvgIpc) is 3.19. The Morgan fingerprint density at radius 1 is 1.08 bits per heavy atom. The number of nitrogens with one attached hydrogen (secondary N) is 1. The molecule has 5 N–H and O–H groups in total. The fourth-order valence-corrected chi connectivity index (χ4v) is 4.39. The van der Waals surface area contributed by atoms with Crippen molar-refractivity contribution in [3.8, 4) is 5.88 Å². The summed E-state index contributed by atoms with van der Waals surface area (Å²) in [6.45, 7) is 3.31. The molecule has 4 aromatic rings. The average molecular weight is 533 g/mol. The Morgan fingerprint density at radius 2 is 1.79 bits per heavy atom. The number of aromatic hydroxyl groups is 1. The van der Waals surface area contributed by atoms with E-state index >= 15 is 0 Å². The molecule has 1 heterocycles. The Labute approximate surface area is 225 Å². The van der Waals surface area contributed by atoms with Gasteiger partial charge in [-0.15, -0.1) is 0 Å². The number of rotatable bonds is 8. The van der Waals surface area contributed by atoms with Gasteiger partial charge in [0.2, 0.25) is 5.91 Å². The third kappa shape index (κ3) is 5.88.